The summed E-state index contributed by atoms with van der Waals surface area (Å²) >= 11 is 5.65. The Morgan fingerprint density at radius 2 is 2.27 bits per heavy atom. The Morgan fingerprint density at radius 3 is 2.80 bits per heavy atom. The SMILES string of the molecule is C=CC(=O)Nc1cc(Cl)ccc1[N+](=O)[O-]. The van der Waals surface area contributed by atoms with Crippen molar-refractivity contribution in [2.45, 2.75) is 0 Å². The molecule has 0 saturated carbocycles. The minimum atomic E-state index is -0.602. The van der Waals surface area contributed by atoms with Crippen LogP contribution in [-0.4, -0.2) is 10.8 Å². The molecule has 0 unspecified atom stereocenters. The third kappa shape index (κ3) is 2.78. The van der Waals surface area contributed by atoms with E-state index >= 15 is 0 Å². The first-order chi connectivity index (χ1) is 7.04. The zero-order valence-electron chi connectivity index (χ0n) is 7.57. The molecule has 0 radical (unpaired) electrons. The number of nitro benzene ring substituents is 1. The van der Waals surface area contributed by atoms with Gasteiger partial charge in [0.25, 0.3) is 5.69 Å². The van der Waals surface area contributed by atoms with Crippen LogP contribution in [-0.2, 0) is 4.79 Å². The number of hydrogen-bond acceptors (Lipinski definition) is 3. The highest BCUT2D eigenvalue weighted by Crippen LogP contribution is 2.27. The third-order valence-corrected chi connectivity index (χ3v) is 1.83. The Bertz CT molecular complexity index is 431. The molecule has 0 aliphatic heterocycles. The molecule has 1 amide bonds. The van der Waals surface area contributed by atoms with Crippen LogP contribution < -0.4 is 5.32 Å². The van der Waals surface area contributed by atoms with E-state index in [1.807, 2.05) is 0 Å². The van der Waals surface area contributed by atoms with Gasteiger partial charge in [0.05, 0.1) is 4.92 Å². The van der Waals surface area contributed by atoms with Gasteiger partial charge in [-0.25, -0.2) is 0 Å². The van der Waals surface area contributed by atoms with E-state index in [4.69, 9.17) is 11.6 Å². The highest BCUT2D eigenvalue weighted by atomic mass is 35.5. The lowest BCUT2D eigenvalue weighted by atomic mass is 10.2. The summed E-state index contributed by atoms with van der Waals surface area (Å²) in [4.78, 5) is 21.0. The van der Waals surface area contributed by atoms with Crippen molar-refractivity contribution in [1.82, 2.24) is 0 Å². The van der Waals surface area contributed by atoms with Crippen molar-refractivity contribution in [2.24, 2.45) is 0 Å². The van der Waals surface area contributed by atoms with Crippen LogP contribution in [0.2, 0.25) is 5.02 Å². The lowest BCUT2D eigenvalue weighted by Gasteiger charge is -2.03. The van der Waals surface area contributed by atoms with Crippen LogP contribution in [0.25, 0.3) is 0 Å². The van der Waals surface area contributed by atoms with E-state index in [0.717, 1.165) is 6.08 Å². The molecule has 1 aromatic carbocycles. The normalized spacial score (nSPS) is 9.40. The van der Waals surface area contributed by atoms with Crippen molar-refractivity contribution in [3.63, 3.8) is 0 Å². The van der Waals surface area contributed by atoms with Gasteiger partial charge in [-0.3, -0.25) is 14.9 Å². The second-order valence-corrected chi connectivity index (χ2v) is 3.05. The molecule has 0 fully saturated rings. The van der Waals surface area contributed by atoms with E-state index in [2.05, 4.69) is 11.9 Å². The Labute approximate surface area is 90.5 Å². The summed E-state index contributed by atoms with van der Waals surface area (Å²) in [5, 5.41) is 13.2. The number of rotatable bonds is 3. The minimum Gasteiger partial charge on any atom is -0.317 e. The molecule has 0 atom stereocenters. The summed E-state index contributed by atoms with van der Waals surface area (Å²) in [5.74, 6) is -0.527. The number of halogens is 1. The molecule has 0 saturated heterocycles. The van der Waals surface area contributed by atoms with E-state index in [-0.39, 0.29) is 11.4 Å². The molecule has 0 heterocycles. The predicted octanol–water partition coefficient (Wildman–Crippen LogP) is 2.37. The van der Waals surface area contributed by atoms with Crippen LogP contribution in [0.1, 0.15) is 0 Å². The lowest BCUT2D eigenvalue weighted by molar-refractivity contribution is -0.383. The summed E-state index contributed by atoms with van der Waals surface area (Å²) in [6.07, 6.45) is 1.02. The van der Waals surface area contributed by atoms with E-state index in [1.54, 1.807) is 0 Å². The molecule has 1 rings (SSSR count). The zero-order chi connectivity index (χ0) is 11.4. The summed E-state index contributed by atoms with van der Waals surface area (Å²) in [5.41, 5.74) is -0.160. The molecule has 0 spiro atoms. The summed E-state index contributed by atoms with van der Waals surface area (Å²) in [6.45, 7) is 3.24. The molecule has 6 heteroatoms. The molecule has 5 nitrogen and oxygen atoms in total. The van der Waals surface area contributed by atoms with Gasteiger partial charge in [-0.15, -0.1) is 0 Å². The average molecular weight is 227 g/mol. The Kier molecular flexibility index (Phi) is 3.41. The molecule has 1 N–H and O–H groups in total. The number of benzene rings is 1. The number of nitro groups is 1. The van der Waals surface area contributed by atoms with Crippen molar-refractivity contribution in [2.75, 3.05) is 5.32 Å². The fourth-order valence-corrected chi connectivity index (χ4v) is 1.12. The van der Waals surface area contributed by atoms with Crippen molar-refractivity contribution in [3.05, 3.63) is 46.0 Å². The maximum Gasteiger partial charge on any atom is 0.292 e. The van der Waals surface area contributed by atoms with Crippen molar-refractivity contribution < 1.29 is 9.72 Å². The van der Waals surface area contributed by atoms with Gasteiger partial charge in [-0.2, -0.15) is 0 Å². The quantitative estimate of drug-likeness (QED) is 0.489. The minimum absolute atomic E-state index is 0.0531. The van der Waals surface area contributed by atoms with Crippen molar-refractivity contribution in [1.29, 1.82) is 0 Å². The topological polar surface area (TPSA) is 72.2 Å². The Morgan fingerprint density at radius 1 is 1.60 bits per heavy atom. The first kappa shape index (κ1) is 11.2. The van der Waals surface area contributed by atoms with Crippen LogP contribution in [0.5, 0.6) is 0 Å². The number of nitrogens with zero attached hydrogens (tertiary/aromatic N) is 1. The Hall–Kier alpha value is -1.88. The van der Waals surface area contributed by atoms with Gasteiger partial charge in [-0.05, 0) is 18.2 Å². The highest BCUT2D eigenvalue weighted by molar-refractivity contribution is 6.31. The van der Waals surface area contributed by atoms with Gasteiger partial charge >= 0.3 is 0 Å². The maximum atomic E-state index is 11.0. The third-order valence-electron chi connectivity index (χ3n) is 1.60. The van der Waals surface area contributed by atoms with Gasteiger partial charge in [0.1, 0.15) is 5.69 Å². The molecule has 1 aromatic rings. The molecule has 0 aliphatic rings. The van der Waals surface area contributed by atoms with Gasteiger partial charge in [0.2, 0.25) is 5.91 Å². The summed E-state index contributed by atoms with van der Waals surface area (Å²) < 4.78 is 0. The molecule has 15 heavy (non-hydrogen) atoms. The number of hydrogen-bond donors (Lipinski definition) is 1. The second-order valence-electron chi connectivity index (χ2n) is 2.61. The van der Waals surface area contributed by atoms with Crippen LogP contribution in [0.15, 0.2) is 30.9 Å². The van der Waals surface area contributed by atoms with Crippen LogP contribution in [0, 0.1) is 10.1 Å². The predicted molar refractivity (Wildman–Crippen MR) is 56.9 cm³/mol. The van der Waals surface area contributed by atoms with E-state index in [0.29, 0.717) is 5.02 Å². The number of carbonyl (C=O) groups is 1. The van der Waals surface area contributed by atoms with Crippen molar-refractivity contribution in [3.8, 4) is 0 Å². The van der Waals surface area contributed by atoms with Gasteiger partial charge in [-0.1, -0.05) is 18.2 Å². The van der Waals surface area contributed by atoms with Gasteiger partial charge in [0.15, 0.2) is 0 Å². The fourth-order valence-electron chi connectivity index (χ4n) is 0.951. The molecule has 0 bridgehead atoms. The number of anilines is 1. The molecule has 78 valence electrons. The van der Waals surface area contributed by atoms with Crippen LogP contribution in [0.4, 0.5) is 11.4 Å². The number of carbonyl (C=O) groups excluding carboxylic acids is 1. The van der Waals surface area contributed by atoms with E-state index in [1.165, 1.54) is 18.2 Å². The first-order valence-electron chi connectivity index (χ1n) is 3.92. The first-order valence-corrected chi connectivity index (χ1v) is 4.29. The van der Waals surface area contributed by atoms with Gasteiger partial charge in [0, 0.05) is 11.1 Å². The van der Waals surface area contributed by atoms with Crippen molar-refractivity contribution >= 4 is 28.9 Å². The lowest BCUT2D eigenvalue weighted by Crippen LogP contribution is -2.09. The molecular weight excluding hydrogens is 220 g/mol. The smallest absolute Gasteiger partial charge is 0.292 e. The van der Waals surface area contributed by atoms with Crippen LogP contribution in [0.3, 0.4) is 0 Å². The Balaban J connectivity index is 3.12. The highest BCUT2D eigenvalue weighted by Gasteiger charge is 2.14. The van der Waals surface area contributed by atoms with Gasteiger partial charge < -0.3 is 5.32 Å². The average Bonchev–Trinajstić information content (AvgIpc) is 2.17. The second kappa shape index (κ2) is 4.56. The number of amides is 1. The zero-order valence-corrected chi connectivity index (χ0v) is 8.32. The summed E-state index contributed by atoms with van der Waals surface area (Å²) in [7, 11) is 0. The fraction of sp³-hybridized carbons (Fsp3) is 0. The molecule has 0 aliphatic carbocycles. The maximum absolute atomic E-state index is 11.0. The van der Waals surface area contributed by atoms with E-state index < -0.39 is 10.8 Å². The number of nitrogens with one attached hydrogen (secondary N) is 1. The molecular formula is C9H7ClN2O3. The largest absolute Gasteiger partial charge is 0.317 e. The standard InChI is InChI=1S/C9H7ClN2O3/c1-2-9(13)11-7-5-6(10)3-4-8(7)12(14)15/h2-5H,1H2,(H,11,13). The van der Waals surface area contributed by atoms with E-state index in [9.17, 15) is 14.9 Å². The molecule has 0 aromatic heterocycles. The monoisotopic (exact) mass is 226 g/mol. The van der Waals surface area contributed by atoms with Crippen LogP contribution >= 0.6 is 11.6 Å². The summed E-state index contributed by atoms with van der Waals surface area (Å²) in [6, 6.07) is 3.91.